The Balaban J connectivity index is 1.64. The molecule has 25 heavy (non-hydrogen) atoms. The van der Waals surface area contributed by atoms with E-state index < -0.39 is 11.4 Å². The minimum Gasteiger partial charge on any atom is -0.381 e. The van der Waals surface area contributed by atoms with Gasteiger partial charge in [0.1, 0.15) is 0 Å². The van der Waals surface area contributed by atoms with Gasteiger partial charge in [-0.25, -0.2) is 0 Å². The zero-order valence-corrected chi connectivity index (χ0v) is 14.0. The van der Waals surface area contributed by atoms with Gasteiger partial charge in [-0.2, -0.15) is 0 Å². The molecule has 1 saturated heterocycles. The first kappa shape index (κ1) is 17.8. The average Bonchev–Trinajstić information content (AvgIpc) is 2.98. The molecule has 1 fully saturated rings. The van der Waals surface area contributed by atoms with Crippen LogP contribution in [0, 0.1) is 0 Å². The number of hydrogen-bond donors (Lipinski definition) is 1. The molecule has 0 radical (unpaired) electrons. The van der Waals surface area contributed by atoms with Gasteiger partial charge >= 0.3 is 0 Å². The number of rotatable bonds is 8. The molecule has 1 heterocycles. The Hall–Kier alpha value is -2.05. The van der Waals surface area contributed by atoms with Gasteiger partial charge in [0, 0.05) is 6.42 Å². The molecule has 5 heteroatoms. The molecule has 1 aliphatic rings. The van der Waals surface area contributed by atoms with Crippen molar-refractivity contribution in [1.82, 2.24) is 0 Å². The lowest BCUT2D eigenvalue weighted by Crippen LogP contribution is -2.57. The SMILES string of the molecule is O=C[C@@]1(OCc2ccccc2)OCC[C@@]1(O)COCc1ccccc1. The lowest BCUT2D eigenvalue weighted by Gasteiger charge is -2.35. The standard InChI is InChI=1S/C20H22O5/c21-15-20(25-14-18-9-5-2-6-10-18)19(22,11-12-24-20)16-23-13-17-7-3-1-4-8-17/h1-10,15,22H,11-14,16H2/t19-,20+/m1/s1. The van der Waals surface area contributed by atoms with Gasteiger partial charge in [0.2, 0.25) is 0 Å². The number of benzene rings is 2. The molecule has 2 aromatic carbocycles. The number of carbonyl (C=O) groups excluding carboxylic acids is 1. The number of aliphatic hydroxyl groups is 1. The van der Waals surface area contributed by atoms with Crippen molar-refractivity contribution in [1.29, 1.82) is 0 Å². The minimum atomic E-state index is -1.71. The number of carbonyl (C=O) groups is 1. The molecule has 0 amide bonds. The fourth-order valence-corrected chi connectivity index (χ4v) is 2.88. The van der Waals surface area contributed by atoms with E-state index in [4.69, 9.17) is 14.2 Å². The molecule has 0 unspecified atom stereocenters. The molecule has 1 aliphatic heterocycles. The van der Waals surface area contributed by atoms with Crippen LogP contribution >= 0.6 is 0 Å². The fraction of sp³-hybridized carbons (Fsp3) is 0.350. The van der Waals surface area contributed by atoms with Gasteiger partial charge in [0.15, 0.2) is 11.9 Å². The van der Waals surface area contributed by atoms with E-state index in [1.54, 1.807) is 0 Å². The molecule has 0 saturated carbocycles. The van der Waals surface area contributed by atoms with E-state index in [0.29, 0.717) is 12.9 Å². The summed E-state index contributed by atoms with van der Waals surface area (Å²) < 4.78 is 16.9. The van der Waals surface area contributed by atoms with Gasteiger partial charge in [-0.3, -0.25) is 4.79 Å². The number of ether oxygens (including phenoxy) is 3. The number of aldehydes is 1. The maximum absolute atomic E-state index is 11.7. The molecular formula is C20H22O5. The first-order valence-corrected chi connectivity index (χ1v) is 8.30. The third-order valence-corrected chi connectivity index (χ3v) is 4.38. The summed E-state index contributed by atoms with van der Waals surface area (Å²) in [5.41, 5.74) is 0.372. The van der Waals surface area contributed by atoms with Crippen LogP contribution in [0.1, 0.15) is 17.5 Å². The second-order valence-electron chi connectivity index (χ2n) is 6.17. The monoisotopic (exact) mass is 342 g/mol. The molecule has 0 aliphatic carbocycles. The molecule has 5 nitrogen and oxygen atoms in total. The van der Waals surface area contributed by atoms with Crippen LogP contribution < -0.4 is 0 Å². The summed E-state index contributed by atoms with van der Waals surface area (Å²) in [5, 5.41) is 11.0. The van der Waals surface area contributed by atoms with Gasteiger partial charge < -0.3 is 19.3 Å². The van der Waals surface area contributed by atoms with Crippen molar-refractivity contribution in [2.45, 2.75) is 31.0 Å². The highest BCUT2D eigenvalue weighted by Crippen LogP contribution is 2.37. The fourth-order valence-electron chi connectivity index (χ4n) is 2.88. The Labute approximate surface area is 147 Å². The Morgan fingerprint density at radius 2 is 1.60 bits per heavy atom. The van der Waals surface area contributed by atoms with Crippen molar-refractivity contribution in [3.63, 3.8) is 0 Å². The van der Waals surface area contributed by atoms with E-state index in [2.05, 4.69) is 0 Å². The Morgan fingerprint density at radius 1 is 1.00 bits per heavy atom. The maximum Gasteiger partial charge on any atom is 0.258 e. The zero-order valence-electron chi connectivity index (χ0n) is 14.0. The van der Waals surface area contributed by atoms with E-state index in [1.165, 1.54) is 0 Å². The van der Waals surface area contributed by atoms with Gasteiger partial charge in [0.05, 0.1) is 26.4 Å². The van der Waals surface area contributed by atoms with Gasteiger partial charge in [0.25, 0.3) is 5.79 Å². The van der Waals surface area contributed by atoms with Crippen molar-refractivity contribution in [2.75, 3.05) is 13.2 Å². The summed E-state index contributed by atoms with van der Waals surface area (Å²) in [6.07, 6.45) is 0.810. The van der Waals surface area contributed by atoms with Crippen LogP contribution in [0.25, 0.3) is 0 Å². The van der Waals surface area contributed by atoms with Crippen molar-refractivity contribution < 1.29 is 24.1 Å². The predicted octanol–water partition coefficient (Wildman–Crippen LogP) is 2.47. The van der Waals surface area contributed by atoms with Gasteiger partial charge in [-0.15, -0.1) is 0 Å². The summed E-state index contributed by atoms with van der Waals surface area (Å²) in [6, 6.07) is 19.1. The summed E-state index contributed by atoms with van der Waals surface area (Å²) in [7, 11) is 0. The first-order valence-electron chi connectivity index (χ1n) is 8.30. The second kappa shape index (κ2) is 7.89. The molecule has 0 aromatic heterocycles. The lowest BCUT2D eigenvalue weighted by molar-refractivity contribution is -0.271. The second-order valence-corrected chi connectivity index (χ2v) is 6.17. The normalized spacial score (nSPS) is 25.8. The van der Waals surface area contributed by atoms with Gasteiger partial charge in [-0.1, -0.05) is 60.7 Å². The largest absolute Gasteiger partial charge is 0.381 e. The third-order valence-electron chi connectivity index (χ3n) is 4.38. The summed E-state index contributed by atoms with van der Waals surface area (Å²) >= 11 is 0. The highest BCUT2D eigenvalue weighted by molar-refractivity contribution is 5.63. The topological polar surface area (TPSA) is 65.0 Å². The van der Waals surface area contributed by atoms with E-state index in [-0.39, 0.29) is 26.2 Å². The Kier molecular flexibility index (Phi) is 5.60. The summed E-state index contributed by atoms with van der Waals surface area (Å²) in [6.45, 7) is 0.700. The van der Waals surface area contributed by atoms with Crippen LogP contribution in [0.15, 0.2) is 60.7 Å². The molecule has 2 aromatic rings. The molecule has 0 spiro atoms. The van der Waals surface area contributed by atoms with Crippen molar-refractivity contribution >= 4 is 6.29 Å². The smallest absolute Gasteiger partial charge is 0.258 e. The lowest BCUT2D eigenvalue weighted by atomic mass is 9.93. The van der Waals surface area contributed by atoms with E-state index in [0.717, 1.165) is 11.1 Å². The molecule has 1 N–H and O–H groups in total. The van der Waals surface area contributed by atoms with E-state index >= 15 is 0 Å². The average molecular weight is 342 g/mol. The van der Waals surface area contributed by atoms with Crippen LogP contribution in [0.3, 0.4) is 0 Å². The molecule has 2 atom stereocenters. The van der Waals surface area contributed by atoms with Crippen molar-refractivity contribution in [2.24, 2.45) is 0 Å². The molecular weight excluding hydrogens is 320 g/mol. The highest BCUT2D eigenvalue weighted by atomic mass is 16.7. The zero-order chi connectivity index (χ0) is 17.6. The van der Waals surface area contributed by atoms with Crippen LogP contribution in [0.2, 0.25) is 0 Å². The van der Waals surface area contributed by atoms with Crippen molar-refractivity contribution in [3.05, 3.63) is 71.8 Å². The van der Waals surface area contributed by atoms with E-state index in [1.807, 2.05) is 60.7 Å². The minimum absolute atomic E-state index is 0.0462. The summed E-state index contributed by atoms with van der Waals surface area (Å²) in [5.74, 6) is -1.71. The molecule has 0 bridgehead atoms. The van der Waals surface area contributed by atoms with Crippen molar-refractivity contribution in [3.8, 4) is 0 Å². The Morgan fingerprint density at radius 3 is 2.20 bits per heavy atom. The van der Waals surface area contributed by atoms with Gasteiger partial charge in [-0.05, 0) is 11.1 Å². The van der Waals surface area contributed by atoms with Crippen LogP contribution in [-0.2, 0) is 32.2 Å². The summed E-state index contributed by atoms with van der Waals surface area (Å²) in [4.78, 5) is 11.7. The number of hydrogen-bond acceptors (Lipinski definition) is 5. The third kappa shape index (κ3) is 3.96. The molecule has 3 rings (SSSR count). The molecule has 132 valence electrons. The first-order chi connectivity index (χ1) is 12.2. The maximum atomic E-state index is 11.7. The Bertz CT molecular complexity index is 675. The predicted molar refractivity (Wildman–Crippen MR) is 91.6 cm³/mol. The van der Waals surface area contributed by atoms with Crippen LogP contribution in [-0.4, -0.2) is 36.0 Å². The van der Waals surface area contributed by atoms with Crippen LogP contribution in [0.4, 0.5) is 0 Å². The quantitative estimate of drug-likeness (QED) is 0.747. The van der Waals surface area contributed by atoms with Crippen LogP contribution in [0.5, 0.6) is 0 Å². The van der Waals surface area contributed by atoms with E-state index in [9.17, 15) is 9.90 Å². The highest BCUT2D eigenvalue weighted by Gasteiger charge is 2.58.